The minimum Gasteiger partial charge on any atom is -0.497 e. The molecule has 1 unspecified atom stereocenters. The van der Waals surface area contributed by atoms with Crippen LogP contribution in [-0.2, 0) is 4.79 Å². The Morgan fingerprint density at radius 3 is 3.10 bits per heavy atom. The van der Waals surface area contributed by atoms with Gasteiger partial charge in [0.05, 0.1) is 31.4 Å². The fourth-order valence-corrected chi connectivity index (χ4v) is 2.01. The molecule has 1 N–H and O–H groups in total. The van der Waals surface area contributed by atoms with Crippen molar-refractivity contribution in [3.05, 3.63) is 23.8 Å². The van der Waals surface area contributed by atoms with Gasteiger partial charge in [-0.25, -0.2) is 0 Å². The number of rotatable bonds is 3. The topological polar surface area (TPSA) is 88.4 Å². The van der Waals surface area contributed by atoms with Crippen LogP contribution in [0.2, 0.25) is 0 Å². The fourth-order valence-electron chi connectivity index (χ4n) is 2.01. The van der Waals surface area contributed by atoms with Gasteiger partial charge in [-0.15, -0.1) is 0 Å². The van der Waals surface area contributed by atoms with Crippen LogP contribution in [0.15, 0.2) is 18.2 Å². The highest BCUT2D eigenvalue weighted by Gasteiger charge is 2.28. The van der Waals surface area contributed by atoms with Crippen molar-refractivity contribution < 1.29 is 19.1 Å². The van der Waals surface area contributed by atoms with E-state index in [9.17, 15) is 9.59 Å². The third-order valence-electron chi connectivity index (χ3n) is 3.01. The molecule has 1 atom stereocenters. The summed E-state index contributed by atoms with van der Waals surface area (Å²) in [5.41, 5.74) is 0.379. The maximum atomic E-state index is 12.4. The van der Waals surface area contributed by atoms with Crippen LogP contribution in [0.25, 0.3) is 0 Å². The molecule has 0 bridgehead atoms. The number of fused-ring (bicyclic) bond motifs is 1. The Balaban J connectivity index is 2.24. The zero-order valence-corrected chi connectivity index (χ0v) is 11.0. The molecule has 0 fully saturated rings. The number of nitrogens with zero attached hydrogens (tertiary/aromatic N) is 1. The van der Waals surface area contributed by atoms with Crippen LogP contribution < -0.4 is 14.8 Å². The Kier molecular flexibility index (Phi) is 4.20. The monoisotopic (exact) mass is 274 g/mol. The van der Waals surface area contributed by atoms with Gasteiger partial charge in [-0.05, 0) is 18.2 Å². The first-order valence-corrected chi connectivity index (χ1v) is 6.17. The Morgan fingerprint density at radius 2 is 2.40 bits per heavy atom. The molecule has 1 aliphatic rings. The lowest BCUT2D eigenvalue weighted by Gasteiger charge is -2.13. The molecule has 0 aromatic heterocycles. The van der Waals surface area contributed by atoms with E-state index in [1.165, 1.54) is 7.11 Å². The van der Waals surface area contributed by atoms with Crippen molar-refractivity contribution in [2.75, 3.05) is 13.7 Å². The lowest BCUT2D eigenvalue weighted by molar-refractivity contribution is -0.120. The minimum absolute atomic E-state index is 0.234. The van der Waals surface area contributed by atoms with Crippen molar-refractivity contribution in [3.8, 4) is 17.6 Å². The van der Waals surface area contributed by atoms with Gasteiger partial charge in [0, 0.05) is 6.42 Å². The lowest BCUT2D eigenvalue weighted by atomic mass is 10.0. The van der Waals surface area contributed by atoms with E-state index in [1.807, 2.05) is 0 Å². The van der Waals surface area contributed by atoms with Crippen molar-refractivity contribution >= 4 is 11.7 Å². The number of carbonyl (C=O) groups is 2. The molecule has 6 heteroatoms. The summed E-state index contributed by atoms with van der Waals surface area (Å²) in [7, 11) is 1.51. The standard InChI is InChI=1S/C14H14N2O4/c1-19-9-2-3-12-10(8-9)14(18)11(5-7-20-12)16-13(17)4-6-15/h2-3,8,11H,4-5,7H2,1H3,(H,16,17). The molecule has 1 heterocycles. The van der Waals surface area contributed by atoms with Gasteiger partial charge in [0.2, 0.25) is 5.91 Å². The summed E-state index contributed by atoms with van der Waals surface area (Å²) < 4.78 is 10.6. The Morgan fingerprint density at radius 1 is 1.60 bits per heavy atom. The van der Waals surface area contributed by atoms with Crippen LogP contribution in [0.5, 0.6) is 11.5 Å². The van der Waals surface area contributed by atoms with Crippen molar-refractivity contribution in [1.29, 1.82) is 5.26 Å². The number of ketones is 1. The summed E-state index contributed by atoms with van der Waals surface area (Å²) >= 11 is 0. The van der Waals surface area contributed by atoms with Crippen molar-refractivity contribution in [2.45, 2.75) is 18.9 Å². The van der Waals surface area contributed by atoms with Gasteiger partial charge >= 0.3 is 0 Å². The summed E-state index contributed by atoms with van der Waals surface area (Å²) in [6, 6.07) is 6.04. The van der Waals surface area contributed by atoms with Crippen LogP contribution in [-0.4, -0.2) is 31.4 Å². The number of nitriles is 1. The number of carbonyl (C=O) groups excluding carboxylic acids is 2. The predicted octanol–water partition coefficient (Wildman–Crippen LogP) is 1.06. The molecule has 0 spiro atoms. The highest BCUT2D eigenvalue weighted by Crippen LogP contribution is 2.28. The predicted molar refractivity (Wildman–Crippen MR) is 69.6 cm³/mol. The summed E-state index contributed by atoms with van der Waals surface area (Å²) in [5.74, 6) is 0.331. The Labute approximate surface area is 116 Å². The molecule has 1 amide bonds. The number of nitrogens with one attached hydrogen (secondary N) is 1. The first kappa shape index (κ1) is 13.9. The van der Waals surface area contributed by atoms with E-state index in [2.05, 4.69) is 5.32 Å². The lowest BCUT2D eigenvalue weighted by Crippen LogP contribution is -2.40. The summed E-state index contributed by atoms with van der Waals surface area (Å²) in [5, 5.41) is 11.0. The van der Waals surface area contributed by atoms with Gasteiger partial charge in [-0.3, -0.25) is 9.59 Å². The average Bonchev–Trinajstić information content (AvgIpc) is 2.59. The van der Waals surface area contributed by atoms with E-state index in [0.717, 1.165) is 0 Å². The van der Waals surface area contributed by atoms with E-state index >= 15 is 0 Å². The Hall–Kier alpha value is -2.55. The second-order valence-electron chi connectivity index (χ2n) is 4.32. The van der Waals surface area contributed by atoms with Crippen LogP contribution in [0.4, 0.5) is 0 Å². The molecule has 0 aliphatic carbocycles. The van der Waals surface area contributed by atoms with E-state index in [0.29, 0.717) is 30.1 Å². The highest BCUT2D eigenvalue weighted by atomic mass is 16.5. The minimum atomic E-state index is -0.677. The van der Waals surface area contributed by atoms with Crippen LogP contribution in [0, 0.1) is 11.3 Å². The summed E-state index contributed by atoms with van der Waals surface area (Å²) in [6.07, 6.45) is 0.0998. The van der Waals surface area contributed by atoms with Gasteiger partial charge < -0.3 is 14.8 Å². The number of Topliss-reactive ketones (excluding diaryl/α,β-unsaturated/α-hetero) is 1. The fraction of sp³-hybridized carbons (Fsp3) is 0.357. The molecule has 104 valence electrons. The van der Waals surface area contributed by atoms with E-state index in [1.54, 1.807) is 24.3 Å². The second-order valence-corrected chi connectivity index (χ2v) is 4.32. The molecule has 1 aromatic rings. The molecule has 6 nitrogen and oxygen atoms in total. The smallest absolute Gasteiger partial charge is 0.234 e. The van der Waals surface area contributed by atoms with Gasteiger partial charge in [-0.1, -0.05) is 0 Å². The number of ether oxygens (including phenoxy) is 2. The van der Waals surface area contributed by atoms with Gasteiger partial charge in [0.1, 0.15) is 17.9 Å². The third kappa shape index (κ3) is 2.88. The molecule has 1 aliphatic heterocycles. The molecule has 20 heavy (non-hydrogen) atoms. The van der Waals surface area contributed by atoms with Gasteiger partial charge in [0.25, 0.3) is 0 Å². The molecular formula is C14H14N2O4. The average molecular weight is 274 g/mol. The normalized spacial score (nSPS) is 17.2. The number of amides is 1. The SMILES string of the molecule is COc1ccc2c(c1)C(=O)C(NC(=O)CC#N)CCO2. The maximum absolute atomic E-state index is 12.4. The van der Waals surface area contributed by atoms with Crippen molar-refractivity contribution in [3.63, 3.8) is 0 Å². The third-order valence-corrected chi connectivity index (χ3v) is 3.01. The van der Waals surface area contributed by atoms with E-state index in [4.69, 9.17) is 14.7 Å². The largest absolute Gasteiger partial charge is 0.497 e. The molecular weight excluding hydrogens is 260 g/mol. The highest BCUT2D eigenvalue weighted by molar-refractivity contribution is 6.04. The Bertz CT molecular complexity index is 577. The van der Waals surface area contributed by atoms with Gasteiger partial charge in [-0.2, -0.15) is 5.26 Å². The number of benzene rings is 1. The summed E-state index contributed by atoms with van der Waals surface area (Å²) in [6.45, 7) is 0.322. The van der Waals surface area contributed by atoms with E-state index < -0.39 is 11.9 Å². The number of hydrogen-bond acceptors (Lipinski definition) is 5. The van der Waals surface area contributed by atoms with Gasteiger partial charge in [0.15, 0.2) is 5.78 Å². The van der Waals surface area contributed by atoms with Crippen LogP contribution in [0.3, 0.4) is 0 Å². The maximum Gasteiger partial charge on any atom is 0.234 e. The molecule has 0 radical (unpaired) electrons. The molecule has 0 saturated carbocycles. The zero-order chi connectivity index (χ0) is 14.5. The quantitative estimate of drug-likeness (QED) is 0.890. The number of hydrogen-bond donors (Lipinski definition) is 1. The second kappa shape index (κ2) is 6.06. The molecule has 2 rings (SSSR count). The molecule has 0 saturated heterocycles. The first-order valence-electron chi connectivity index (χ1n) is 6.17. The first-order chi connectivity index (χ1) is 9.65. The zero-order valence-electron chi connectivity index (χ0n) is 11.0. The van der Waals surface area contributed by atoms with Crippen LogP contribution in [0.1, 0.15) is 23.2 Å². The number of methoxy groups -OCH3 is 1. The summed E-state index contributed by atoms with van der Waals surface area (Å²) in [4.78, 5) is 23.9. The van der Waals surface area contributed by atoms with Crippen molar-refractivity contribution in [2.24, 2.45) is 0 Å². The van der Waals surface area contributed by atoms with Crippen LogP contribution >= 0.6 is 0 Å². The van der Waals surface area contributed by atoms with Crippen molar-refractivity contribution in [1.82, 2.24) is 5.32 Å². The van der Waals surface area contributed by atoms with E-state index in [-0.39, 0.29) is 12.2 Å². The molecule has 1 aromatic carbocycles.